The summed E-state index contributed by atoms with van der Waals surface area (Å²) in [5.41, 5.74) is 1.31. The predicted molar refractivity (Wildman–Crippen MR) is 115 cm³/mol. The Bertz CT molecular complexity index is 620. The summed E-state index contributed by atoms with van der Waals surface area (Å²) in [6.45, 7) is 5.01. The van der Waals surface area contributed by atoms with Crippen molar-refractivity contribution in [1.82, 2.24) is 15.5 Å². The van der Waals surface area contributed by atoms with Crippen molar-refractivity contribution in [3.05, 3.63) is 34.0 Å². The molecule has 2 heterocycles. The highest BCUT2D eigenvalue weighted by Crippen LogP contribution is 2.24. The van der Waals surface area contributed by atoms with E-state index in [0.717, 1.165) is 44.9 Å². The third-order valence-electron chi connectivity index (χ3n) is 4.45. The normalized spacial score (nSPS) is 17.2. The maximum atomic E-state index is 12.4. The van der Waals surface area contributed by atoms with Crippen LogP contribution in [0.5, 0.6) is 0 Å². The fourth-order valence-electron chi connectivity index (χ4n) is 3.13. The van der Waals surface area contributed by atoms with Crippen LogP contribution in [0.4, 0.5) is 0 Å². The number of rotatable bonds is 5. The molecule has 5 nitrogen and oxygen atoms in total. The first kappa shape index (κ1) is 20.2. The molecule has 0 saturated heterocycles. The zero-order valence-corrected chi connectivity index (χ0v) is 17.8. The molecule has 1 amide bonds. The highest BCUT2D eigenvalue weighted by molar-refractivity contribution is 14.0. The molecule has 2 aliphatic rings. The van der Waals surface area contributed by atoms with Crippen LogP contribution in [-0.4, -0.2) is 42.4 Å². The minimum Gasteiger partial charge on any atom is -0.357 e. The number of carbonyl (C=O) groups is 1. The van der Waals surface area contributed by atoms with Crippen LogP contribution in [0.15, 0.2) is 28.6 Å². The van der Waals surface area contributed by atoms with Gasteiger partial charge in [0, 0.05) is 37.0 Å². The smallest absolute Gasteiger partial charge is 0.224 e. The highest BCUT2D eigenvalue weighted by atomic mass is 127. The summed E-state index contributed by atoms with van der Waals surface area (Å²) >= 11 is 1.80. The Kier molecular flexibility index (Phi) is 8.21. The Morgan fingerprint density at radius 3 is 2.96 bits per heavy atom. The zero-order valence-electron chi connectivity index (χ0n) is 14.7. The molecule has 1 aromatic heterocycles. The quantitative estimate of drug-likeness (QED) is 0.299. The van der Waals surface area contributed by atoms with Gasteiger partial charge in [0.1, 0.15) is 0 Å². The standard InChI is InChI=1S/C18H26N4OS.HI/c1-2-19-18(21-15-5-3-4-6-15)20-10-7-17(23)22-11-8-16-14(13-22)9-12-24-16;/h3-4,9,12,15H,2,5-8,10-11,13H2,1H3,(H2,19,20,21);1H. The molecule has 0 atom stereocenters. The lowest BCUT2D eigenvalue weighted by atomic mass is 10.1. The van der Waals surface area contributed by atoms with Crippen LogP contribution in [0, 0.1) is 0 Å². The van der Waals surface area contributed by atoms with Crippen LogP contribution in [0.1, 0.15) is 36.6 Å². The van der Waals surface area contributed by atoms with Crippen LogP contribution in [-0.2, 0) is 17.8 Å². The second kappa shape index (κ2) is 10.2. The Labute approximate surface area is 171 Å². The molecule has 0 radical (unpaired) electrons. The number of fused-ring (bicyclic) bond motifs is 1. The van der Waals surface area contributed by atoms with E-state index in [0.29, 0.717) is 19.0 Å². The van der Waals surface area contributed by atoms with E-state index >= 15 is 0 Å². The van der Waals surface area contributed by atoms with E-state index in [1.165, 1.54) is 10.4 Å². The summed E-state index contributed by atoms with van der Waals surface area (Å²) in [7, 11) is 0. The van der Waals surface area contributed by atoms with E-state index in [4.69, 9.17) is 0 Å². The lowest BCUT2D eigenvalue weighted by molar-refractivity contribution is -0.131. The van der Waals surface area contributed by atoms with E-state index < -0.39 is 0 Å². The van der Waals surface area contributed by atoms with Crippen molar-refractivity contribution in [3.63, 3.8) is 0 Å². The highest BCUT2D eigenvalue weighted by Gasteiger charge is 2.21. The van der Waals surface area contributed by atoms with Gasteiger partial charge in [0.2, 0.25) is 5.91 Å². The van der Waals surface area contributed by atoms with Gasteiger partial charge in [-0.25, -0.2) is 0 Å². The van der Waals surface area contributed by atoms with Crippen LogP contribution in [0.25, 0.3) is 0 Å². The zero-order chi connectivity index (χ0) is 16.8. The number of nitrogens with zero attached hydrogens (tertiary/aromatic N) is 2. The van der Waals surface area contributed by atoms with Crippen molar-refractivity contribution >= 4 is 47.2 Å². The number of halogens is 1. The Morgan fingerprint density at radius 2 is 2.20 bits per heavy atom. The molecule has 0 spiro atoms. The SMILES string of the molecule is CCNC(=NCCC(=O)N1CCc2sccc2C1)NC1CC=CC1.I. The van der Waals surface area contributed by atoms with Crippen LogP contribution >= 0.6 is 35.3 Å². The predicted octanol–water partition coefficient (Wildman–Crippen LogP) is 2.91. The van der Waals surface area contributed by atoms with E-state index in [1.54, 1.807) is 11.3 Å². The van der Waals surface area contributed by atoms with Crippen molar-refractivity contribution in [2.24, 2.45) is 4.99 Å². The van der Waals surface area contributed by atoms with E-state index in [-0.39, 0.29) is 29.9 Å². The van der Waals surface area contributed by atoms with Crippen LogP contribution in [0.2, 0.25) is 0 Å². The van der Waals surface area contributed by atoms with Crippen molar-refractivity contribution in [1.29, 1.82) is 0 Å². The topological polar surface area (TPSA) is 56.7 Å². The molecular formula is C18H27IN4OS. The summed E-state index contributed by atoms with van der Waals surface area (Å²) < 4.78 is 0. The summed E-state index contributed by atoms with van der Waals surface area (Å²) in [4.78, 5) is 20.4. The van der Waals surface area contributed by atoms with Crippen molar-refractivity contribution in [2.45, 2.75) is 45.2 Å². The lowest BCUT2D eigenvalue weighted by Crippen LogP contribution is -2.42. The number of aliphatic imine (C=N–C) groups is 1. The van der Waals surface area contributed by atoms with Crippen molar-refractivity contribution in [2.75, 3.05) is 19.6 Å². The first-order chi connectivity index (χ1) is 11.8. The Morgan fingerprint density at radius 1 is 1.40 bits per heavy atom. The summed E-state index contributed by atoms with van der Waals surface area (Å²) in [5, 5.41) is 8.81. The van der Waals surface area contributed by atoms with Gasteiger partial charge >= 0.3 is 0 Å². The van der Waals surface area contributed by atoms with Crippen LogP contribution < -0.4 is 10.6 Å². The second-order valence-corrected chi connectivity index (χ2v) is 7.23. The van der Waals surface area contributed by atoms with Gasteiger partial charge in [0.05, 0.1) is 6.54 Å². The molecule has 2 N–H and O–H groups in total. The molecule has 0 aromatic carbocycles. The fourth-order valence-corrected chi connectivity index (χ4v) is 4.02. The van der Waals surface area contributed by atoms with Gasteiger partial charge in [0.25, 0.3) is 0 Å². The first-order valence-corrected chi connectivity index (χ1v) is 9.67. The number of guanidine groups is 1. The average Bonchev–Trinajstić information content (AvgIpc) is 3.25. The monoisotopic (exact) mass is 474 g/mol. The van der Waals surface area contributed by atoms with Gasteiger partial charge in [-0.2, -0.15) is 0 Å². The number of amides is 1. The van der Waals surface area contributed by atoms with Gasteiger partial charge < -0.3 is 15.5 Å². The molecular weight excluding hydrogens is 447 g/mol. The summed E-state index contributed by atoms with van der Waals surface area (Å²) in [6.07, 6.45) is 7.93. The molecule has 1 aromatic rings. The maximum absolute atomic E-state index is 12.4. The van der Waals surface area contributed by atoms with Gasteiger partial charge in [-0.3, -0.25) is 9.79 Å². The molecule has 0 bridgehead atoms. The van der Waals surface area contributed by atoms with E-state index in [9.17, 15) is 4.79 Å². The molecule has 1 aliphatic carbocycles. The van der Waals surface area contributed by atoms with E-state index in [2.05, 4.69) is 46.1 Å². The molecule has 0 fully saturated rings. The van der Waals surface area contributed by atoms with Gasteiger partial charge in [-0.05, 0) is 43.2 Å². The van der Waals surface area contributed by atoms with Gasteiger partial charge in [-0.15, -0.1) is 35.3 Å². The van der Waals surface area contributed by atoms with E-state index in [1.807, 2.05) is 4.90 Å². The lowest BCUT2D eigenvalue weighted by Gasteiger charge is -2.27. The Hall–Kier alpha value is -1.09. The molecule has 25 heavy (non-hydrogen) atoms. The number of carbonyl (C=O) groups excluding carboxylic acids is 1. The molecule has 138 valence electrons. The van der Waals surface area contributed by atoms with Crippen LogP contribution in [0.3, 0.4) is 0 Å². The molecule has 0 saturated carbocycles. The largest absolute Gasteiger partial charge is 0.357 e. The Balaban J connectivity index is 0.00000225. The van der Waals surface area contributed by atoms with Gasteiger partial charge in [-0.1, -0.05) is 12.2 Å². The third-order valence-corrected chi connectivity index (χ3v) is 5.47. The summed E-state index contributed by atoms with van der Waals surface area (Å²) in [6, 6.07) is 2.57. The van der Waals surface area contributed by atoms with Crippen molar-refractivity contribution < 1.29 is 4.79 Å². The fraction of sp³-hybridized carbons (Fsp3) is 0.556. The second-order valence-electron chi connectivity index (χ2n) is 6.23. The van der Waals surface area contributed by atoms with Crippen molar-refractivity contribution in [3.8, 4) is 0 Å². The molecule has 3 rings (SSSR count). The van der Waals surface area contributed by atoms with Gasteiger partial charge in [0.15, 0.2) is 5.96 Å². The minimum absolute atomic E-state index is 0. The number of thiophene rings is 1. The third kappa shape index (κ3) is 5.70. The first-order valence-electron chi connectivity index (χ1n) is 8.79. The molecule has 7 heteroatoms. The summed E-state index contributed by atoms with van der Waals surface area (Å²) in [5.74, 6) is 1.02. The minimum atomic E-state index is 0. The molecule has 0 unspecified atom stereocenters. The maximum Gasteiger partial charge on any atom is 0.224 e. The number of nitrogens with one attached hydrogen (secondary N) is 2. The number of hydrogen-bond donors (Lipinski definition) is 2. The average molecular weight is 474 g/mol. The molecule has 1 aliphatic heterocycles. The number of hydrogen-bond acceptors (Lipinski definition) is 3.